The van der Waals surface area contributed by atoms with E-state index in [4.69, 9.17) is 5.11 Å². The van der Waals surface area contributed by atoms with E-state index in [0.29, 0.717) is 0 Å². The maximum absolute atomic E-state index is 8.74. The molecule has 1 aromatic heterocycles. The lowest BCUT2D eigenvalue weighted by molar-refractivity contribution is 0.288. The van der Waals surface area contributed by atoms with E-state index in [2.05, 4.69) is 57.2 Å². The van der Waals surface area contributed by atoms with Crippen LogP contribution in [-0.2, 0) is 13.0 Å². The van der Waals surface area contributed by atoms with E-state index in [-0.39, 0.29) is 6.61 Å². The fraction of sp³-hybridized carbons (Fsp3) is 0.333. The molecular weight excluding hydrogens is 329 g/mol. The number of hydrogen-bond donors (Lipinski definition) is 1. The summed E-state index contributed by atoms with van der Waals surface area (Å²) in [6, 6.07) is 8.35. The predicted molar refractivity (Wildman–Crippen MR) is 73.7 cm³/mol. The number of aryl methyl sites for hydroxylation is 1. The highest BCUT2D eigenvalue weighted by Crippen LogP contribution is 2.08. The molecule has 0 saturated heterocycles. The van der Waals surface area contributed by atoms with Crippen LogP contribution in [0.4, 0.5) is 0 Å². The Balaban J connectivity index is 1.98. The highest BCUT2D eigenvalue weighted by Gasteiger charge is 2.01. The average Bonchev–Trinajstić information content (AvgIpc) is 2.77. The number of halogens is 1. The normalized spacial score (nSPS) is 10.7. The highest BCUT2D eigenvalue weighted by molar-refractivity contribution is 14.1. The van der Waals surface area contributed by atoms with Crippen LogP contribution in [0.15, 0.2) is 30.5 Å². The van der Waals surface area contributed by atoms with Gasteiger partial charge in [-0.05, 0) is 53.1 Å². The van der Waals surface area contributed by atoms with Crippen molar-refractivity contribution in [2.24, 2.45) is 0 Å². The van der Waals surface area contributed by atoms with Gasteiger partial charge in [0.05, 0.1) is 12.2 Å². The third kappa shape index (κ3) is 3.78. The monoisotopic (exact) mass is 343 g/mol. The summed E-state index contributed by atoms with van der Waals surface area (Å²) in [4.78, 5) is 0. The van der Waals surface area contributed by atoms with Crippen molar-refractivity contribution >= 4 is 22.6 Å². The minimum Gasteiger partial charge on any atom is -0.396 e. The SMILES string of the molecule is OCCCc1cn(Cc2ccc(I)cc2)nn1. The van der Waals surface area contributed by atoms with E-state index in [9.17, 15) is 0 Å². The van der Waals surface area contributed by atoms with Crippen molar-refractivity contribution in [2.45, 2.75) is 19.4 Å². The Hall–Kier alpha value is -0.950. The van der Waals surface area contributed by atoms with Gasteiger partial charge in [0.15, 0.2) is 0 Å². The molecular formula is C12H14IN3O. The van der Waals surface area contributed by atoms with Gasteiger partial charge in [-0.1, -0.05) is 17.3 Å². The van der Waals surface area contributed by atoms with Gasteiger partial charge in [-0.25, -0.2) is 4.68 Å². The number of benzene rings is 1. The van der Waals surface area contributed by atoms with Crippen molar-refractivity contribution in [3.63, 3.8) is 0 Å². The minimum absolute atomic E-state index is 0.198. The van der Waals surface area contributed by atoms with Crippen LogP contribution in [0.5, 0.6) is 0 Å². The van der Waals surface area contributed by atoms with E-state index in [1.807, 2.05) is 10.9 Å². The lowest BCUT2D eigenvalue weighted by Crippen LogP contribution is -2.00. The average molecular weight is 343 g/mol. The Morgan fingerprint density at radius 2 is 2.00 bits per heavy atom. The largest absolute Gasteiger partial charge is 0.396 e. The molecule has 0 fully saturated rings. The zero-order valence-corrected chi connectivity index (χ0v) is 11.5. The molecule has 5 heteroatoms. The molecule has 0 saturated carbocycles. The Kier molecular flexibility index (Phi) is 4.49. The summed E-state index contributed by atoms with van der Waals surface area (Å²) in [5.74, 6) is 0. The lowest BCUT2D eigenvalue weighted by atomic mass is 10.2. The quantitative estimate of drug-likeness (QED) is 0.844. The molecule has 2 aromatic rings. The molecule has 0 atom stereocenters. The summed E-state index contributed by atoms with van der Waals surface area (Å²) < 4.78 is 3.06. The molecule has 2 rings (SSSR count). The minimum atomic E-state index is 0.198. The number of aliphatic hydroxyl groups excluding tert-OH is 1. The summed E-state index contributed by atoms with van der Waals surface area (Å²) in [5.41, 5.74) is 2.15. The van der Waals surface area contributed by atoms with Gasteiger partial charge in [0.1, 0.15) is 0 Å². The molecule has 0 bridgehead atoms. The molecule has 17 heavy (non-hydrogen) atoms. The molecule has 0 aliphatic heterocycles. The van der Waals surface area contributed by atoms with Crippen LogP contribution in [0.3, 0.4) is 0 Å². The maximum Gasteiger partial charge on any atom is 0.0828 e. The van der Waals surface area contributed by atoms with Crippen LogP contribution in [0, 0.1) is 3.57 Å². The Bertz CT molecular complexity index is 467. The van der Waals surface area contributed by atoms with E-state index in [0.717, 1.165) is 25.1 Å². The van der Waals surface area contributed by atoms with Crippen molar-refractivity contribution < 1.29 is 5.11 Å². The molecule has 1 heterocycles. The van der Waals surface area contributed by atoms with Gasteiger partial charge in [0, 0.05) is 16.4 Å². The van der Waals surface area contributed by atoms with Crippen LogP contribution >= 0.6 is 22.6 Å². The molecule has 0 aliphatic rings. The van der Waals surface area contributed by atoms with Crippen LogP contribution in [-0.4, -0.2) is 26.7 Å². The molecule has 0 radical (unpaired) electrons. The number of hydrogen-bond acceptors (Lipinski definition) is 3. The zero-order chi connectivity index (χ0) is 12.1. The lowest BCUT2D eigenvalue weighted by Gasteiger charge is -2.00. The van der Waals surface area contributed by atoms with Crippen molar-refractivity contribution in [1.29, 1.82) is 0 Å². The molecule has 1 N–H and O–H groups in total. The van der Waals surface area contributed by atoms with Crippen LogP contribution in [0.25, 0.3) is 0 Å². The topological polar surface area (TPSA) is 50.9 Å². The van der Waals surface area contributed by atoms with Gasteiger partial charge in [-0.15, -0.1) is 5.10 Å². The third-order valence-corrected chi connectivity index (χ3v) is 3.15. The van der Waals surface area contributed by atoms with Gasteiger partial charge < -0.3 is 5.11 Å². The molecule has 4 nitrogen and oxygen atoms in total. The van der Waals surface area contributed by atoms with Gasteiger partial charge in [-0.2, -0.15) is 0 Å². The van der Waals surface area contributed by atoms with Crippen molar-refractivity contribution in [3.8, 4) is 0 Å². The van der Waals surface area contributed by atoms with E-state index in [1.54, 1.807) is 0 Å². The first-order valence-electron chi connectivity index (χ1n) is 5.52. The summed E-state index contributed by atoms with van der Waals surface area (Å²) in [6.07, 6.45) is 3.46. The summed E-state index contributed by atoms with van der Waals surface area (Å²) in [7, 11) is 0. The Labute approximate surface area is 114 Å². The fourth-order valence-corrected chi connectivity index (χ4v) is 1.93. The molecule has 0 spiro atoms. The summed E-state index contributed by atoms with van der Waals surface area (Å²) in [6.45, 7) is 0.938. The van der Waals surface area contributed by atoms with Crippen LogP contribution in [0.1, 0.15) is 17.7 Å². The van der Waals surface area contributed by atoms with Crippen molar-refractivity contribution in [3.05, 3.63) is 45.3 Å². The van der Waals surface area contributed by atoms with E-state index >= 15 is 0 Å². The van der Waals surface area contributed by atoms with Crippen molar-refractivity contribution in [2.75, 3.05) is 6.61 Å². The molecule has 0 aliphatic carbocycles. The summed E-state index contributed by atoms with van der Waals surface area (Å²) >= 11 is 2.29. The molecule has 0 unspecified atom stereocenters. The number of aromatic nitrogens is 3. The Morgan fingerprint density at radius 1 is 1.24 bits per heavy atom. The first kappa shape index (κ1) is 12.5. The van der Waals surface area contributed by atoms with E-state index in [1.165, 1.54) is 9.13 Å². The summed E-state index contributed by atoms with van der Waals surface area (Å²) in [5, 5.41) is 16.9. The predicted octanol–water partition coefficient (Wildman–Crippen LogP) is 1.86. The van der Waals surface area contributed by atoms with Gasteiger partial charge in [0.25, 0.3) is 0 Å². The number of rotatable bonds is 5. The first-order chi connectivity index (χ1) is 8.28. The van der Waals surface area contributed by atoms with Gasteiger partial charge in [0.2, 0.25) is 0 Å². The molecule has 1 aromatic carbocycles. The Morgan fingerprint density at radius 3 is 2.71 bits per heavy atom. The number of aliphatic hydroxyl groups is 1. The van der Waals surface area contributed by atoms with E-state index < -0.39 is 0 Å². The van der Waals surface area contributed by atoms with Crippen molar-refractivity contribution in [1.82, 2.24) is 15.0 Å². The molecule has 90 valence electrons. The highest BCUT2D eigenvalue weighted by atomic mass is 127. The second-order valence-electron chi connectivity index (χ2n) is 3.86. The van der Waals surface area contributed by atoms with Crippen LogP contribution < -0.4 is 0 Å². The fourth-order valence-electron chi connectivity index (χ4n) is 1.57. The standard InChI is InChI=1S/C12H14IN3O/c13-11-5-3-10(4-6-11)8-16-9-12(14-15-16)2-1-7-17/h3-6,9,17H,1-2,7-8H2. The van der Waals surface area contributed by atoms with Crippen LogP contribution in [0.2, 0.25) is 0 Å². The third-order valence-electron chi connectivity index (χ3n) is 2.43. The second kappa shape index (κ2) is 6.11. The van der Waals surface area contributed by atoms with Gasteiger partial charge in [-0.3, -0.25) is 0 Å². The first-order valence-corrected chi connectivity index (χ1v) is 6.60. The molecule has 0 amide bonds. The smallest absolute Gasteiger partial charge is 0.0828 e. The second-order valence-corrected chi connectivity index (χ2v) is 5.11. The zero-order valence-electron chi connectivity index (χ0n) is 9.38. The number of nitrogens with zero attached hydrogens (tertiary/aromatic N) is 3. The maximum atomic E-state index is 8.74. The van der Waals surface area contributed by atoms with Gasteiger partial charge >= 0.3 is 0 Å².